The number of carbonyl (C=O) groups is 1. The average Bonchev–Trinajstić information content (AvgIpc) is 2.62. The first-order valence-corrected chi connectivity index (χ1v) is 5.61. The molecule has 5 nitrogen and oxygen atoms in total. The molecule has 0 radical (unpaired) electrons. The molecular weight excluding hydrogens is 212 g/mol. The van der Waals surface area contributed by atoms with E-state index in [2.05, 4.69) is 14.7 Å². The van der Waals surface area contributed by atoms with Crippen molar-refractivity contribution in [3.63, 3.8) is 0 Å². The highest BCUT2D eigenvalue weighted by molar-refractivity contribution is 7.09. The van der Waals surface area contributed by atoms with E-state index in [-0.39, 0.29) is 5.91 Å². The Hall–Kier alpha value is -1.01. The molecule has 84 valence electrons. The highest BCUT2D eigenvalue weighted by Gasteiger charge is 2.30. The van der Waals surface area contributed by atoms with Crippen molar-refractivity contribution >= 4 is 22.6 Å². The highest BCUT2D eigenvalue weighted by Crippen LogP contribution is 2.22. The fourth-order valence-corrected chi connectivity index (χ4v) is 1.56. The van der Waals surface area contributed by atoms with E-state index in [4.69, 9.17) is 5.73 Å². The van der Waals surface area contributed by atoms with Crippen LogP contribution in [0.3, 0.4) is 0 Å². The van der Waals surface area contributed by atoms with Crippen LogP contribution in [0.5, 0.6) is 0 Å². The Labute approximate surface area is 93.3 Å². The Kier molecular flexibility index (Phi) is 3.76. The Balaban J connectivity index is 2.70. The lowest BCUT2D eigenvalue weighted by Gasteiger charge is -2.23. The molecule has 1 rings (SSSR count). The smallest absolute Gasteiger partial charge is 0.233 e. The maximum Gasteiger partial charge on any atom is 0.233 e. The van der Waals surface area contributed by atoms with Crippen LogP contribution in [0.4, 0.5) is 5.13 Å². The van der Waals surface area contributed by atoms with Crippen molar-refractivity contribution in [2.45, 2.75) is 27.2 Å². The number of amides is 1. The molecule has 0 aromatic carbocycles. The van der Waals surface area contributed by atoms with Crippen LogP contribution >= 0.6 is 11.5 Å². The first-order valence-electron chi connectivity index (χ1n) is 4.83. The van der Waals surface area contributed by atoms with Gasteiger partial charge in [-0.15, -0.1) is 0 Å². The Morgan fingerprint density at radius 2 is 2.33 bits per heavy atom. The predicted octanol–water partition coefficient (Wildman–Crippen LogP) is 1.16. The fourth-order valence-electron chi connectivity index (χ4n) is 0.993. The third-order valence-corrected chi connectivity index (χ3v) is 3.25. The zero-order valence-electron chi connectivity index (χ0n) is 9.20. The van der Waals surface area contributed by atoms with Gasteiger partial charge >= 0.3 is 0 Å². The summed E-state index contributed by atoms with van der Waals surface area (Å²) in [6.45, 7) is 5.90. The van der Waals surface area contributed by atoms with Crippen molar-refractivity contribution < 1.29 is 4.79 Å². The molecule has 1 heterocycles. The normalized spacial score (nSPS) is 14.7. The number of nitrogens with one attached hydrogen (secondary N) is 1. The van der Waals surface area contributed by atoms with Gasteiger partial charge in [0.25, 0.3) is 0 Å². The van der Waals surface area contributed by atoms with Crippen molar-refractivity contribution in [3.8, 4) is 0 Å². The molecular formula is C9H16N4OS. The summed E-state index contributed by atoms with van der Waals surface area (Å²) in [5, 5.41) is 3.26. The molecule has 15 heavy (non-hydrogen) atoms. The lowest BCUT2D eigenvalue weighted by Crippen LogP contribution is -2.39. The van der Waals surface area contributed by atoms with Crippen LogP contribution in [0, 0.1) is 12.3 Å². The highest BCUT2D eigenvalue weighted by atomic mass is 32.1. The summed E-state index contributed by atoms with van der Waals surface area (Å²) in [4.78, 5) is 15.9. The minimum Gasteiger partial charge on any atom is -0.329 e. The average molecular weight is 228 g/mol. The van der Waals surface area contributed by atoms with Crippen LogP contribution in [0.2, 0.25) is 0 Å². The maximum atomic E-state index is 11.9. The maximum absolute atomic E-state index is 11.9. The van der Waals surface area contributed by atoms with Gasteiger partial charge in [0.15, 0.2) is 0 Å². The molecule has 0 aliphatic rings. The van der Waals surface area contributed by atoms with Crippen molar-refractivity contribution in [2.24, 2.45) is 11.1 Å². The Morgan fingerprint density at radius 3 is 2.73 bits per heavy atom. The van der Waals surface area contributed by atoms with E-state index >= 15 is 0 Å². The van der Waals surface area contributed by atoms with Crippen molar-refractivity contribution in [1.29, 1.82) is 0 Å². The van der Waals surface area contributed by atoms with Gasteiger partial charge in [-0.1, -0.05) is 6.92 Å². The van der Waals surface area contributed by atoms with E-state index in [1.807, 2.05) is 13.8 Å². The topological polar surface area (TPSA) is 80.9 Å². The molecule has 0 bridgehead atoms. The van der Waals surface area contributed by atoms with Crippen LogP contribution < -0.4 is 11.1 Å². The van der Waals surface area contributed by atoms with Gasteiger partial charge in [0.1, 0.15) is 5.82 Å². The van der Waals surface area contributed by atoms with Gasteiger partial charge in [-0.25, -0.2) is 4.98 Å². The SMILES string of the molecule is CCC(C)(CN)C(=O)Nc1nc(C)ns1. The third kappa shape index (κ3) is 2.73. The molecule has 0 saturated heterocycles. The minimum atomic E-state index is -0.528. The van der Waals surface area contributed by atoms with Crippen molar-refractivity contribution in [1.82, 2.24) is 9.36 Å². The largest absolute Gasteiger partial charge is 0.329 e. The second-order valence-electron chi connectivity index (χ2n) is 3.72. The quantitative estimate of drug-likeness (QED) is 0.810. The Bertz CT molecular complexity index is 346. The number of aryl methyl sites for hydroxylation is 1. The van der Waals surface area contributed by atoms with E-state index in [1.165, 1.54) is 11.5 Å². The number of hydrogen-bond acceptors (Lipinski definition) is 5. The number of anilines is 1. The molecule has 6 heteroatoms. The summed E-state index contributed by atoms with van der Waals surface area (Å²) in [5.74, 6) is 0.574. The zero-order chi connectivity index (χ0) is 11.5. The van der Waals surface area contributed by atoms with E-state index < -0.39 is 5.41 Å². The molecule has 0 saturated carbocycles. The van der Waals surface area contributed by atoms with Gasteiger partial charge in [0.05, 0.1) is 5.41 Å². The summed E-state index contributed by atoms with van der Waals surface area (Å²) in [5.41, 5.74) is 5.06. The molecule has 3 N–H and O–H groups in total. The number of carbonyl (C=O) groups excluding carboxylic acids is 1. The van der Waals surface area contributed by atoms with E-state index in [0.29, 0.717) is 23.9 Å². The van der Waals surface area contributed by atoms with Gasteiger partial charge < -0.3 is 11.1 Å². The second kappa shape index (κ2) is 4.67. The molecule has 1 aromatic rings. The fraction of sp³-hybridized carbons (Fsp3) is 0.667. The predicted molar refractivity (Wildman–Crippen MR) is 60.7 cm³/mol. The number of hydrogen-bond donors (Lipinski definition) is 2. The third-order valence-electron chi connectivity index (χ3n) is 2.53. The van der Waals surface area contributed by atoms with E-state index in [0.717, 1.165) is 0 Å². The summed E-state index contributed by atoms with van der Waals surface area (Å²) in [7, 11) is 0. The van der Waals surface area contributed by atoms with Gasteiger partial charge in [0, 0.05) is 18.1 Å². The first kappa shape index (κ1) is 12.1. The molecule has 1 aromatic heterocycles. The first-order chi connectivity index (χ1) is 7.01. The molecule has 1 atom stereocenters. The van der Waals surface area contributed by atoms with Gasteiger partial charge in [-0.05, 0) is 20.3 Å². The molecule has 1 amide bonds. The standard InChI is InChI=1S/C9H16N4OS/c1-4-9(3,5-10)7(14)12-8-11-6(2)13-15-8/h4-5,10H2,1-3H3,(H,11,12,13,14). The van der Waals surface area contributed by atoms with Crippen LogP contribution in [-0.4, -0.2) is 21.8 Å². The molecule has 0 aliphatic carbocycles. The van der Waals surface area contributed by atoms with E-state index in [1.54, 1.807) is 6.92 Å². The van der Waals surface area contributed by atoms with E-state index in [9.17, 15) is 4.79 Å². The summed E-state index contributed by atoms with van der Waals surface area (Å²) < 4.78 is 3.99. The van der Waals surface area contributed by atoms with Gasteiger partial charge in [-0.3, -0.25) is 4.79 Å². The van der Waals surface area contributed by atoms with Crippen LogP contribution in [0.25, 0.3) is 0 Å². The minimum absolute atomic E-state index is 0.0938. The van der Waals surface area contributed by atoms with Crippen LogP contribution in [-0.2, 0) is 4.79 Å². The van der Waals surface area contributed by atoms with Crippen molar-refractivity contribution in [3.05, 3.63) is 5.82 Å². The van der Waals surface area contributed by atoms with Crippen LogP contribution in [0.15, 0.2) is 0 Å². The Morgan fingerprint density at radius 1 is 1.67 bits per heavy atom. The van der Waals surface area contributed by atoms with Crippen LogP contribution in [0.1, 0.15) is 26.1 Å². The number of nitrogens with zero attached hydrogens (tertiary/aromatic N) is 2. The van der Waals surface area contributed by atoms with Gasteiger partial charge in [0.2, 0.25) is 11.0 Å². The van der Waals surface area contributed by atoms with Gasteiger partial charge in [-0.2, -0.15) is 4.37 Å². The number of rotatable bonds is 4. The molecule has 1 unspecified atom stereocenters. The summed E-state index contributed by atoms with van der Waals surface area (Å²) in [6, 6.07) is 0. The molecule has 0 fully saturated rings. The molecule has 0 aliphatic heterocycles. The number of nitrogens with two attached hydrogens (primary N) is 1. The lowest BCUT2D eigenvalue weighted by atomic mass is 9.87. The summed E-state index contributed by atoms with van der Waals surface area (Å²) >= 11 is 1.18. The molecule has 0 spiro atoms. The van der Waals surface area contributed by atoms with Crippen molar-refractivity contribution in [2.75, 3.05) is 11.9 Å². The lowest BCUT2D eigenvalue weighted by molar-refractivity contribution is -0.124. The summed E-state index contributed by atoms with van der Waals surface area (Å²) in [6.07, 6.45) is 0.702. The zero-order valence-corrected chi connectivity index (χ0v) is 10.0. The second-order valence-corrected chi connectivity index (χ2v) is 4.47. The number of aromatic nitrogens is 2. The monoisotopic (exact) mass is 228 g/mol.